The average molecular weight is 267 g/mol. The Morgan fingerprint density at radius 3 is 2.67 bits per heavy atom. The molecule has 2 fully saturated rings. The lowest BCUT2D eigenvalue weighted by atomic mass is 9.82. The monoisotopic (exact) mass is 267 g/mol. The Kier molecular flexibility index (Phi) is 3.10. The highest BCUT2D eigenvalue weighted by Gasteiger charge is 2.44. The van der Waals surface area contributed by atoms with Crippen molar-refractivity contribution in [2.75, 3.05) is 0 Å². The predicted octanol–water partition coefficient (Wildman–Crippen LogP) is 3.16. The van der Waals surface area contributed by atoms with Crippen LogP contribution in [0.1, 0.15) is 43.5 Å². The number of nitrogens with zero attached hydrogens (tertiary/aromatic N) is 1. The molecule has 2 atom stereocenters. The molecule has 0 amide bonds. The van der Waals surface area contributed by atoms with Gasteiger partial charge < -0.3 is 5.11 Å². The highest BCUT2D eigenvalue weighted by molar-refractivity contribution is 8.00. The summed E-state index contributed by atoms with van der Waals surface area (Å²) in [5.41, 5.74) is -0.0280. The Bertz CT molecular complexity index is 453. The van der Waals surface area contributed by atoms with Gasteiger partial charge in [-0.3, -0.25) is 4.98 Å². The maximum Gasteiger partial charge on any atom is 0.147 e. The van der Waals surface area contributed by atoms with E-state index < -0.39 is 5.60 Å². The van der Waals surface area contributed by atoms with Gasteiger partial charge in [0.15, 0.2) is 0 Å². The maximum atomic E-state index is 13.9. The van der Waals surface area contributed by atoms with Crippen LogP contribution >= 0.6 is 11.8 Å². The first kappa shape index (κ1) is 12.4. The quantitative estimate of drug-likeness (QED) is 0.848. The molecular weight excluding hydrogens is 249 g/mol. The number of thioether (sulfide) groups is 1. The molecule has 0 radical (unpaired) electrons. The Hall–Kier alpha value is -0.610. The molecule has 2 saturated heterocycles. The summed E-state index contributed by atoms with van der Waals surface area (Å²) in [5.74, 6) is -0.368. The third kappa shape index (κ3) is 2.16. The van der Waals surface area contributed by atoms with E-state index in [1.54, 1.807) is 6.07 Å². The third-order valence-corrected chi connectivity index (χ3v) is 5.57. The first-order valence-electron chi connectivity index (χ1n) is 6.58. The van der Waals surface area contributed by atoms with Crippen molar-refractivity contribution in [1.29, 1.82) is 0 Å². The van der Waals surface area contributed by atoms with Gasteiger partial charge in [0.05, 0.1) is 0 Å². The summed E-state index contributed by atoms with van der Waals surface area (Å²) in [6, 6.07) is 3.08. The fourth-order valence-electron chi connectivity index (χ4n) is 3.18. The topological polar surface area (TPSA) is 33.1 Å². The van der Waals surface area contributed by atoms with Crippen LogP contribution in [0.25, 0.3) is 0 Å². The van der Waals surface area contributed by atoms with Crippen molar-refractivity contribution in [2.24, 2.45) is 0 Å². The minimum atomic E-state index is -1.06. The van der Waals surface area contributed by atoms with Crippen molar-refractivity contribution in [3.05, 3.63) is 29.3 Å². The lowest BCUT2D eigenvalue weighted by Crippen LogP contribution is -2.41. The summed E-state index contributed by atoms with van der Waals surface area (Å²) >= 11 is 1.97. The van der Waals surface area contributed by atoms with Crippen molar-refractivity contribution in [2.45, 2.75) is 55.1 Å². The summed E-state index contributed by atoms with van der Waals surface area (Å²) in [6.45, 7) is 1.84. The first-order valence-corrected chi connectivity index (χ1v) is 7.52. The van der Waals surface area contributed by atoms with Crippen LogP contribution in [-0.4, -0.2) is 20.6 Å². The van der Waals surface area contributed by atoms with Gasteiger partial charge in [0, 0.05) is 16.2 Å². The number of pyridine rings is 1. The summed E-state index contributed by atoms with van der Waals surface area (Å²) in [7, 11) is 0. The van der Waals surface area contributed by atoms with Gasteiger partial charge in [-0.1, -0.05) is 6.42 Å². The number of hydrogen-bond donors (Lipinski definition) is 1. The molecule has 2 unspecified atom stereocenters. The van der Waals surface area contributed by atoms with E-state index in [0.29, 0.717) is 23.3 Å². The molecule has 1 N–H and O–H groups in total. The molecule has 98 valence electrons. The Morgan fingerprint density at radius 2 is 2.00 bits per heavy atom. The smallest absolute Gasteiger partial charge is 0.147 e. The van der Waals surface area contributed by atoms with Crippen LogP contribution in [0.2, 0.25) is 0 Å². The maximum absolute atomic E-state index is 13.9. The molecule has 0 saturated carbocycles. The summed E-state index contributed by atoms with van der Waals surface area (Å²) < 4.78 is 13.9. The SMILES string of the molecule is Cc1ccc(F)c(C2(O)CC3CCCC(C2)S3)n1. The molecule has 4 heteroatoms. The molecule has 3 rings (SSSR count). The second-order valence-electron chi connectivity index (χ2n) is 5.53. The molecule has 1 aromatic heterocycles. The second kappa shape index (κ2) is 4.49. The van der Waals surface area contributed by atoms with Crippen LogP contribution in [0.15, 0.2) is 12.1 Å². The van der Waals surface area contributed by atoms with E-state index >= 15 is 0 Å². The van der Waals surface area contributed by atoms with Crippen molar-refractivity contribution < 1.29 is 9.50 Å². The van der Waals surface area contributed by atoms with Gasteiger partial charge in [0.25, 0.3) is 0 Å². The van der Waals surface area contributed by atoms with E-state index in [4.69, 9.17) is 0 Å². The number of rotatable bonds is 1. The zero-order chi connectivity index (χ0) is 12.8. The molecule has 3 heterocycles. The molecule has 2 bridgehead atoms. The lowest BCUT2D eigenvalue weighted by molar-refractivity contribution is 0.000464. The highest BCUT2D eigenvalue weighted by atomic mass is 32.2. The van der Waals surface area contributed by atoms with Crippen molar-refractivity contribution in [3.63, 3.8) is 0 Å². The third-order valence-electron chi connectivity index (χ3n) is 3.99. The predicted molar refractivity (Wildman–Crippen MR) is 71.1 cm³/mol. The van der Waals surface area contributed by atoms with Crippen LogP contribution in [0.5, 0.6) is 0 Å². The minimum absolute atomic E-state index is 0.264. The van der Waals surface area contributed by atoms with Gasteiger partial charge in [-0.2, -0.15) is 11.8 Å². The molecule has 2 aliphatic rings. The van der Waals surface area contributed by atoms with E-state index in [9.17, 15) is 9.50 Å². The number of hydrogen-bond acceptors (Lipinski definition) is 3. The number of aromatic nitrogens is 1. The number of aryl methyl sites for hydroxylation is 1. The molecular formula is C14H18FNOS. The molecule has 2 nitrogen and oxygen atoms in total. The largest absolute Gasteiger partial charge is 0.383 e. The van der Waals surface area contributed by atoms with Crippen molar-refractivity contribution >= 4 is 11.8 Å². The Morgan fingerprint density at radius 1 is 1.33 bits per heavy atom. The van der Waals surface area contributed by atoms with E-state index in [2.05, 4.69) is 4.98 Å². The van der Waals surface area contributed by atoms with Crippen molar-refractivity contribution in [1.82, 2.24) is 4.98 Å². The fourth-order valence-corrected chi connectivity index (χ4v) is 5.07. The summed E-state index contributed by atoms with van der Waals surface area (Å²) in [5, 5.41) is 11.8. The number of aliphatic hydroxyl groups is 1. The Labute approximate surface area is 111 Å². The van der Waals surface area contributed by atoms with E-state index in [1.165, 1.54) is 12.5 Å². The van der Waals surface area contributed by atoms with Gasteiger partial charge in [-0.05, 0) is 44.7 Å². The van der Waals surface area contributed by atoms with E-state index in [-0.39, 0.29) is 11.5 Å². The fraction of sp³-hybridized carbons (Fsp3) is 0.643. The number of fused-ring (bicyclic) bond motifs is 2. The summed E-state index contributed by atoms with van der Waals surface area (Å²) in [4.78, 5) is 4.26. The van der Waals surface area contributed by atoms with Crippen LogP contribution in [0.4, 0.5) is 4.39 Å². The van der Waals surface area contributed by atoms with Gasteiger partial charge >= 0.3 is 0 Å². The molecule has 0 spiro atoms. The zero-order valence-corrected chi connectivity index (χ0v) is 11.3. The van der Waals surface area contributed by atoms with Crippen LogP contribution in [0.3, 0.4) is 0 Å². The molecule has 2 aliphatic heterocycles. The average Bonchev–Trinajstić information content (AvgIpc) is 2.31. The minimum Gasteiger partial charge on any atom is -0.383 e. The van der Waals surface area contributed by atoms with Gasteiger partial charge in [-0.15, -0.1) is 0 Å². The standard InChI is InChI=1S/C14H18FNOS/c1-9-5-6-12(15)13(16-9)14(17)7-10-3-2-4-11(8-14)18-10/h5-6,10-11,17H,2-4,7-8H2,1H3. The second-order valence-corrected chi connectivity index (χ2v) is 7.14. The normalized spacial score (nSPS) is 35.5. The van der Waals surface area contributed by atoms with E-state index in [0.717, 1.165) is 18.5 Å². The summed E-state index contributed by atoms with van der Waals surface area (Å²) in [6.07, 6.45) is 4.79. The van der Waals surface area contributed by atoms with Crippen LogP contribution in [0, 0.1) is 12.7 Å². The highest BCUT2D eigenvalue weighted by Crippen LogP contribution is 2.49. The molecule has 18 heavy (non-hydrogen) atoms. The van der Waals surface area contributed by atoms with Crippen molar-refractivity contribution in [3.8, 4) is 0 Å². The molecule has 0 aromatic carbocycles. The van der Waals surface area contributed by atoms with E-state index in [1.807, 2.05) is 18.7 Å². The zero-order valence-electron chi connectivity index (χ0n) is 10.5. The molecule has 0 aliphatic carbocycles. The molecule has 1 aromatic rings. The van der Waals surface area contributed by atoms with Gasteiger partial charge in [0.2, 0.25) is 0 Å². The van der Waals surface area contributed by atoms with Gasteiger partial charge in [0.1, 0.15) is 17.1 Å². The first-order chi connectivity index (χ1) is 8.57. The van der Waals surface area contributed by atoms with Gasteiger partial charge in [-0.25, -0.2) is 4.39 Å². The number of halogens is 1. The Balaban J connectivity index is 1.96. The van der Waals surface area contributed by atoms with Crippen LogP contribution < -0.4 is 0 Å². The lowest BCUT2D eigenvalue weighted by Gasteiger charge is -2.43. The van der Waals surface area contributed by atoms with Crippen LogP contribution in [-0.2, 0) is 5.60 Å².